The average Bonchev–Trinajstić information content (AvgIpc) is 3.39. The van der Waals surface area contributed by atoms with Crippen LogP contribution in [0.2, 0.25) is 0 Å². The van der Waals surface area contributed by atoms with E-state index in [0.29, 0.717) is 30.0 Å². The Bertz CT molecular complexity index is 1490. The quantitative estimate of drug-likeness (QED) is 0.406. The van der Waals surface area contributed by atoms with Gasteiger partial charge < -0.3 is 20.0 Å². The minimum Gasteiger partial charge on any atom is -0.508 e. The fourth-order valence-corrected chi connectivity index (χ4v) is 4.13. The van der Waals surface area contributed by atoms with Gasteiger partial charge in [0.05, 0.1) is 16.7 Å². The summed E-state index contributed by atoms with van der Waals surface area (Å²) in [6, 6.07) is 9.57. The maximum Gasteiger partial charge on any atom is 0.348 e. The molecule has 5 aromatic rings. The van der Waals surface area contributed by atoms with Gasteiger partial charge in [-0.15, -0.1) is 0 Å². The molecule has 31 heavy (non-hydrogen) atoms. The molecule has 0 aliphatic heterocycles. The number of aromatic hydroxyl groups is 1. The summed E-state index contributed by atoms with van der Waals surface area (Å²) in [5.41, 5.74) is 8.12. The van der Waals surface area contributed by atoms with Crippen LogP contribution in [-0.4, -0.2) is 35.5 Å². The molecule has 0 aliphatic carbocycles. The number of H-pyrrole nitrogens is 1. The number of aryl methyl sites for hydroxylation is 2. The molecular formula is C22H21FN6O2. The Balaban J connectivity index is 1.78. The van der Waals surface area contributed by atoms with Gasteiger partial charge in [0.15, 0.2) is 5.82 Å². The molecule has 3 aromatic heterocycles. The minimum absolute atomic E-state index is 0.151. The van der Waals surface area contributed by atoms with E-state index in [4.69, 9.17) is 5.73 Å². The first-order valence-corrected chi connectivity index (χ1v) is 9.92. The monoisotopic (exact) mass is 420 g/mol. The number of halogens is 1. The van der Waals surface area contributed by atoms with Crippen LogP contribution in [0.3, 0.4) is 0 Å². The van der Waals surface area contributed by atoms with Crippen LogP contribution in [0.25, 0.3) is 38.9 Å². The maximum atomic E-state index is 14.1. The number of aromatic nitrogens is 5. The normalized spacial score (nSPS) is 11.7. The van der Waals surface area contributed by atoms with Crippen molar-refractivity contribution >= 4 is 21.8 Å². The van der Waals surface area contributed by atoms with Gasteiger partial charge >= 0.3 is 5.69 Å². The summed E-state index contributed by atoms with van der Waals surface area (Å²) >= 11 is 0. The molecule has 158 valence electrons. The molecule has 0 amide bonds. The third-order valence-corrected chi connectivity index (χ3v) is 5.55. The van der Waals surface area contributed by atoms with E-state index in [9.17, 15) is 14.3 Å². The summed E-state index contributed by atoms with van der Waals surface area (Å²) in [7, 11) is 1.86. The topological polar surface area (TPSA) is 107 Å². The predicted molar refractivity (Wildman–Crippen MR) is 117 cm³/mol. The van der Waals surface area contributed by atoms with Crippen molar-refractivity contribution in [3.05, 3.63) is 65.1 Å². The number of phenols is 1. The summed E-state index contributed by atoms with van der Waals surface area (Å²) < 4.78 is 19.4. The molecule has 8 nitrogen and oxygen atoms in total. The second-order valence-corrected chi connectivity index (χ2v) is 7.55. The Morgan fingerprint density at radius 1 is 1.13 bits per heavy atom. The van der Waals surface area contributed by atoms with Crippen molar-refractivity contribution < 1.29 is 9.50 Å². The largest absolute Gasteiger partial charge is 0.508 e. The smallest absolute Gasteiger partial charge is 0.348 e. The molecule has 5 rings (SSSR count). The van der Waals surface area contributed by atoms with Crippen LogP contribution < -0.4 is 11.4 Å². The van der Waals surface area contributed by atoms with E-state index in [-0.39, 0.29) is 11.6 Å². The van der Waals surface area contributed by atoms with Crippen LogP contribution in [-0.2, 0) is 13.6 Å². The van der Waals surface area contributed by atoms with Crippen LogP contribution in [0.15, 0.2) is 53.6 Å². The highest BCUT2D eigenvalue weighted by atomic mass is 19.1. The van der Waals surface area contributed by atoms with Crippen LogP contribution in [0, 0.1) is 5.82 Å². The van der Waals surface area contributed by atoms with E-state index >= 15 is 0 Å². The third-order valence-electron chi connectivity index (χ3n) is 5.55. The number of nitrogens with two attached hydrogens (primary N) is 1. The summed E-state index contributed by atoms with van der Waals surface area (Å²) in [6.45, 7) is 1.17. The molecule has 0 fully saturated rings. The Kier molecular flexibility index (Phi) is 4.40. The number of phenolic OH excluding ortho intramolecular Hbond substituents is 1. The zero-order chi connectivity index (χ0) is 21.7. The molecule has 4 N–H and O–H groups in total. The third kappa shape index (κ3) is 3.01. The van der Waals surface area contributed by atoms with Crippen LogP contribution >= 0.6 is 0 Å². The van der Waals surface area contributed by atoms with Crippen molar-refractivity contribution in [2.75, 3.05) is 6.54 Å². The molecular weight excluding hydrogens is 399 g/mol. The number of benzene rings is 2. The number of rotatable bonds is 5. The summed E-state index contributed by atoms with van der Waals surface area (Å²) in [6.07, 6.45) is 4.43. The van der Waals surface area contributed by atoms with Gasteiger partial charge in [-0.05, 0) is 43.3 Å². The molecule has 3 heterocycles. The summed E-state index contributed by atoms with van der Waals surface area (Å²) in [5.74, 6) is 0.172. The molecule has 0 bridgehead atoms. The van der Waals surface area contributed by atoms with Gasteiger partial charge in [-0.25, -0.2) is 18.9 Å². The maximum absolute atomic E-state index is 14.1. The van der Waals surface area contributed by atoms with E-state index in [1.54, 1.807) is 24.3 Å². The molecule has 0 spiro atoms. The van der Waals surface area contributed by atoms with Crippen molar-refractivity contribution in [1.82, 2.24) is 23.9 Å². The second kappa shape index (κ2) is 7.13. The van der Waals surface area contributed by atoms with Crippen molar-refractivity contribution in [3.8, 4) is 22.8 Å². The van der Waals surface area contributed by atoms with Gasteiger partial charge in [-0.1, -0.05) is 0 Å². The number of hydrogen-bond donors (Lipinski definition) is 3. The van der Waals surface area contributed by atoms with Gasteiger partial charge in [0.25, 0.3) is 0 Å². The Morgan fingerprint density at radius 3 is 2.77 bits per heavy atom. The van der Waals surface area contributed by atoms with Gasteiger partial charge in [-0.2, -0.15) is 5.10 Å². The molecule has 0 atom stereocenters. The van der Waals surface area contributed by atoms with E-state index in [2.05, 4.69) is 10.2 Å². The fraction of sp³-hybridized carbons (Fsp3) is 0.182. The number of nitrogens with one attached hydrogen (secondary N) is 1. The lowest BCUT2D eigenvalue weighted by Crippen LogP contribution is -2.15. The van der Waals surface area contributed by atoms with Gasteiger partial charge in [0.2, 0.25) is 0 Å². The zero-order valence-corrected chi connectivity index (χ0v) is 16.8. The average molecular weight is 420 g/mol. The van der Waals surface area contributed by atoms with Gasteiger partial charge in [0.1, 0.15) is 11.6 Å². The van der Waals surface area contributed by atoms with Crippen LogP contribution in [0.4, 0.5) is 4.39 Å². The number of hydrogen-bond acceptors (Lipinski definition) is 4. The van der Waals surface area contributed by atoms with Crippen molar-refractivity contribution in [2.24, 2.45) is 12.8 Å². The second-order valence-electron chi connectivity index (χ2n) is 7.55. The lowest BCUT2D eigenvalue weighted by Gasteiger charge is -2.04. The van der Waals surface area contributed by atoms with E-state index in [0.717, 1.165) is 28.4 Å². The molecule has 9 heteroatoms. The molecule has 0 aliphatic rings. The Hall–Kier alpha value is -3.85. The van der Waals surface area contributed by atoms with Crippen molar-refractivity contribution in [2.45, 2.75) is 13.0 Å². The molecule has 0 radical (unpaired) electrons. The highest BCUT2D eigenvalue weighted by Gasteiger charge is 2.21. The van der Waals surface area contributed by atoms with Crippen LogP contribution in [0.1, 0.15) is 6.42 Å². The molecule has 0 unspecified atom stereocenters. The first-order chi connectivity index (χ1) is 15.0. The van der Waals surface area contributed by atoms with E-state index in [1.165, 1.54) is 16.7 Å². The molecule has 2 aromatic carbocycles. The summed E-state index contributed by atoms with van der Waals surface area (Å²) in [5, 5.41) is 18.1. The summed E-state index contributed by atoms with van der Waals surface area (Å²) in [4.78, 5) is 12.8. The number of nitrogens with zero attached hydrogens (tertiary/aromatic N) is 4. The molecule has 0 saturated carbocycles. The van der Waals surface area contributed by atoms with Crippen molar-refractivity contribution in [1.29, 1.82) is 0 Å². The fourth-order valence-electron chi connectivity index (χ4n) is 4.13. The zero-order valence-electron chi connectivity index (χ0n) is 16.8. The minimum atomic E-state index is -0.423. The van der Waals surface area contributed by atoms with E-state index in [1.807, 2.05) is 28.6 Å². The van der Waals surface area contributed by atoms with Gasteiger partial charge in [0, 0.05) is 48.4 Å². The standard InChI is InChI=1S/C22H21FN6O2/c1-27-11-17(15-5-4-14(30)10-19(15)27)21-25-26-22(31)29(21)20-12-28(8-2-7-24)18-6-3-13(23)9-16(18)20/h3-6,9-12,30H,2,7-8,24H2,1H3,(H,26,31). The SMILES string of the molecule is Cn1cc(-c2n[nH]c(=O)n2-c2cn(CCCN)c3ccc(F)cc23)c2ccc(O)cc21. The lowest BCUT2D eigenvalue weighted by molar-refractivity contribution is 0.476. The predicted octanol–water partition coefficient (Wildman–Crippen LogP) is 2.87. The highest BCUT2D eigenvalue weighted by molar-refractivity contribution is 5.96. The number of aromatic amines is 1. The Morgan fingerprint density at radius 2 is 1.97 bits per heavy atom. The van der Waals surface area contributed by atoms with Gasteiger partial charge in [-0.3, -0.25) is 0 Å². The van der Waals surface area contributed by atoms with Crippen molar-refractivity contribution in [3.63, 3.8) is 0 Å². The van der Waals surface area contributed by atoms with E-state index < -0.39 is 5.69 Å². The lowest BCUT2D eigenvalue weighted by atomic mass is 10.1. The first kappa shape index (κ1) is 19.1. The Labute approximate surface area is 175 Å². The highest BCUT2D eigenvalue weighted by Crippen LogP contribution is 2.33. The molecule has 0 saturated heterocycles. The first-order valence-electron chi connectivity index (χ1n) is 9.92. The van der Waals surface area contributed by atoms with Crippen LogP contribution in [0.5, 0.6) is 5.75 Å². The number of fused-ring (bicyclic) bond motifs is 2.